The van der Waals surface area contributed by atoms with Gasteiger partial charge in [0.15, 0.2) is 0 Å². The second-order valence-corrected chi connectivity index (χ2v) is 6.80. The number of aromatic nitrogens is 3. The summed E-state index contributed by atoms with van der Waals surface area (Å²) >= 11 is 3.50. The first-order chi connectivity index (χ1) is 11.0. The van der Waals surface area contributed by atoms with Crippen molar-refractivity contribution in [3.63, 3.8) is 0 Å². The monoisotopic (exact) mass is 376 g/mol. The number of rotatable bonds is 4. The van der Waals surface area contributed by atoms with Crippen molar-refractivity contribution in [2.75, 3.05) is 42.3 Å². The molecular formula is C16H21BrN6. The molecule has 3 rings (SSSR count). The molecule has 1 fully saturated rings. The van der Waals surface area contributed by atoms with Gasteiger partial charge in [0.25, 0.3) is 0 Å². The highest BCUT2D eigenvalue weighted by Gasteiger charge is 2.24. The third-order valence-electron chi connectivity index (χ3n) is 3.91. The smallest absolute Gasteiger partial charge is 0.226 e. The van der Waals surface area contributed by atoms with Crippen molar-refractivity contribution in [2.45, 2.75) is 19.4 Å². The molecule has 122 valence electrons. The van der Waals surface area contributed by atoms with E-state index >= 15 is 0 Å². The van der Waals surface area contributed by atoms with Crippen LogP contribution >= 0.6 is 15.9 Å². The molecule has 6 nitrogen and oxygen atoms in total. The van der Waals surface area contributed by atoms with Gasteiger partial charge in [0, 0.05) is 43.9 Å². The molecule has 1 atom stereocenters. The SMILES string of the molecule is Cc1nc(N2CCC(Nc3ccnc(N(C)C)n3)C2)ccc1Br. The van der Waals surface area contributed by atoms with Gasteiger partial charge in [-0.05, 0) is 47.5 Å². The van der Waals surface area contributed by atoms with Crippen LogP contribution in [0, 0.1) is 6.92 Å². The fourth-order valence-corrected chi connectivity index (χ4v) is 2.87. The summed E-state index contributed by atoms with van der Waals surface area (Å²) in [5, 5.41) is 3.51. The predicted octanol–water partition coefficient (Wildman–Crippen LogP) is 2.70. The number of anilines is 3. The number of nitrogens with one attached hydrogen (secondary N) is 1. The lowest BCUT2D eigenvalue weighted by Crippen LogP contribution is -2.27. The first kappa shape index (κ1) is 16.0. The fourth-order valence-electron chi connectivity index (χ4n) is 2.65. The number of hydrogen-bond acceptors (Lipinski definition) is 6. The normalized spacial score (nSPS) is 17.4. The first-order valence-corrected chi connectivity index (χ1v) is 8.47. The zero-order valence-corrected chi connectivity index (χ0v) is 15.2. The molecule has 1 aliphatic rings. The average Bonchev–Trinajstić information content (AvgIpc) is 2.99. The van der Waals surface area contributed by atoms with Crippen molar-refractivity contribution in [3.8, 4) is 0 Å². The molecule has 2 aromatic heterocycles. The van der Waals surface area contributed by atoms with Gasteiger partial charge in [-0.1, -0.05) is 0 Å². The second kappa shape index (κ2) is 6.70. The predicted molar refractivity (Wildman–Crippen MR) is 97.3 cm³/mol. The van der Waals surface area contributed by atoms with Gasteiger partial charge in [0.05, 0.1) is 5.69 Å². The molecule has 0 aromatic carbocycles. The summed E-state index contributed by atoms with van der Waals surface area (Å²) in [6, 6.07) is 6.41. The average molecular weight is 377 g/mol. The number of hydrogen-bond donors (Lipinski definition) is 1. The minimum Gasteiger partial charge on any atom is -0.365 e. The highest BCUT2D eigenvalue weighted by Crippen LogP contribution is 2.23. The molecule has 1 aliphatic heterocycles. The maximum atomic E-state index is 4.65. The zero-order valence-electron chi connectivity index (χ0n) is 13.6. The van der Waals surface area contributed by atoms with E-state index in [0.717, 1.165) is 47.3 Å². The molecule has 7 heteroatoms. The molecule has 1 saturated heterocycles. The summed E-state index contributed by atoms with van der Waals surface area (Å²) in [6.45, 7) is 3.94. The van der Waals surface area contributed by atoms with Gasteiger partial charge >= 0.3 is 0 Å². The third-order valence-corrected chi connectivity index (χ3v) is 4.75. The van der Waals surface area contributed by atoms with Crippen molar-refractivity contribution in [1.82, 2.24) is 15.0 Å². The van der Waals surface area contributed by atoms with Crippen LogP contribution in [0.5, 0.6) is 0 Å². The topological polar surface area (TPSA) is 57.2 Å². The lowest BCUT2D eigenvalue weighted by molar-refractivity contribution is 0.797. The van der Waals surface area contributed by atoms with E-state index in [0.29, 0.717) is 6.04 Å². The van der Waals surface area contributed by atoms with E-state index in [1.54, 1.807) is 6.20 Å². The molecule has 0 saturated carbocycles. The van der Waals surface area contributed by atoms with Crippen LogP contribution in [0.2, 0.25) is 0 Å². The summed E-state index contributed by atoms with van der Waals surface area (Å²) in [4.78, 5) is 17.6. The summed E-state index contributed by atoms with van der Waals surface area (Å²) < 4.78 is 1.05. The molecule has 0 aliphatic carbocycles. The van der Waals surface area contributed by atoms with Crippen molar-refractivity contribution in [1.29, 1.82) is 0 Å². The van der Waals surface area contributed by atoms with Crippen LogP contribution < -0.4 is 15.1 Å². The molecule has 0 bridgehead atoms. The van der Waals surface area contributed by atoms with Gasteiger partial charge in [-0.25, -0.2) is 9.97 Å². The quantitative estimate of drug-likeness (QED) is 0.884. The van der Waals surface area contributed by atoms with Crippen molar-refractivity contribution in [3.05, 3.63) is 34.6 Å². The van der Waals surface area contributed by atoms with E-state index in [2.05, 4.69) is 53.2 Å². The highest BCUT2D eigenvalue weighted by atomic mass is 79.9. The second-order valence-electron chi connectivity index (χ2n) is 5.95. The number of aryl methyl sites for hydroxylation is 1. The van der Waals surface area contributed by atoms with Crippen LogP contribution in [0.4, 0.5) is 17.6 Å². The summed E-state index contributed by atoms with van der Waals surface area (Å²) in [5.41, 5.74) is 1.02. The van der Waals surface area contributed by atoms with Gasteiger partial charge < -0.3 is 15.1 Å². The minimum atomic E-state index is 0.366. The number of pyridine rings is 1. The third kappa shape index (κ3) is 3.72. The van der Waals surface area contributed by atoms with Crippen LogP contribution in [-0.2, 0) is 0 Å². The zero-order chi connectivity index (χ0) is 16.4. The van der Waals surface area contributed by atoms with Crippen LogP contribution in [0.1, 0.15) is 12.1 Å². The van der Waals surface area contributed by atoms with Crippen LogP contribution in [-0.4, -0.2) is 48.2 Å². The summed E-state index contributed by atoms with van der Waals surface area (Å²) in [5.74, 6) is 2.62. The van der Waals surface area contributed by atoms with Gasteiger partial charge in [-0.3, -0.25) is 0 Å². The van der Waals surface area contributed by atoms with Crippen molar-refractivity contribution < 1.29 is 0 Å². The first-order valence-electron chi connectivity index (χ1n) is 7.68. The molecule has 2 aromatic rings. The molecule has 0 amide bonds. The van der Waals surface area contributed by atoms with Crippen LogP contribution in [0.25, 0.3) is 0 Å². The Hall–Kier alpha value is -1.89. The Kier molecular flexibility index (Phi) is 4.66. The van der Waals surface area contributed by atoms with Gasteiger partial charge in [-0.2, -0.15) is 4.98 Å². The largest absolute Gasteiger partial charge is 0.365 e. The van der Waals surface area contributed by atoms with E-state index in [-0.39, 0.29) is 0 Å². The Balaban J connectivity index is 1.65. The van der Waals surface area contributed by atoms with E-state index in [9.17, 15) is 0 Å². The molecule has 1 N–H and O–H groups in total. The van der Waals surface area contributed by atoms with E-state index in [1.807, 2.05) is 32.0 Å². The van der Waals surface area contributed by atoms with E-state index in [4.69, 9.17) is 0 Å². The van der Waals surface area contributed by atoms with Crippen molar-refractivity contribution >= 4 is 33.5 Å². The Morgan fingerprint density at radius 3 is 2.83 bits per heavy atom. The Morgan fingerprint density at radius 2 is 2.09 bits per heavy atom. The Morgan fingerprint density at radius 1 is 1.26 bits per heavy atom. The van der Waals surface area contributed by atoms with Crippen LogP contribution in [0.15, 0.2) is 28.9 Å². The van der Waals surface area contributed by atoms with E-state index < -0.39 is 0 Å². The Labute approximate surface area is 145 Å². The van der Waals surface area contributed by atoms with Gasteiger partial charge in [0.1, 0.15) is 11.6 Å². The molecule has 0 spiro atoms. The van der Waals surface area contributed by atoms with Gasteiger partial charge in [-0.15, -0.1) is 0 Å². The Bertz CT molecular complexity index is 690. The standard InChI is InChI=1S/C16H21BrN6/c1-11-13(17)4-5-15(19-11)23-9-7-12(10-23)20-14-6-8-18-16(21-14)22(2)3/h4-6,8,12H,7,9-10H2,1-3H3,(H,18,20,21). The van der Waals surface area contributed by atoms with Gasteiger partial charge in [0.2, 0.25) is 5.95 Å². The summed E-state index contributed by atoms with van der Waals surface area (Å²) in [7, 11) is 3.88. The maximum absolute atomic E-state index is 4.65. The molecular weight excluding hydrogens is 356 g/mol. The lowest BCUT2D eigenvalue weighted by atomic mass is 10.2. The molecule has 23 heavy (non-hydrogen) atoms. The molecule has 3 heterocycles. The number of nitrogens with zero attached hydrogens (tertiary/aromatic N) is 5. The summed E-state index contributed by atoms with van der Waals surface area (Å²) in [6.07, 6.45) is 2.86. The maximum Gasteiger partial charge on any atom is 0.226 e. The van der Waals surface area contributed by atoms with Crippen LogP contribution in [0.3, 0.4) is 0 Å². The van der Waals surface area contributed by atoms with E-state index in [1.165, 1.54) is 0 Å². The fraction of sp³-hybridized carbons (Fsp3) is 0.438. The number of halogens is 1. The van der Waals surface area contributed by atoms with Crippen molar-refractivity contribution in [2.24, 2.45) is 0 Å². The lowest BCUT2D eigenvalue weighted by Gasteiger charge is -2.19. The molecule has 0 radical (unpaired) electrons. The highest BCUT2D eigenvalue weighted by molar-refractivity contribution is 9.10. The minimum absolute atomic E-state index is 0.366. The molecule has 1 unspecified atom stereocenters.